The predicted octanol–water partition coefficient (Wildman–Crippen LogP) is 4.04. The number of hydrogen-bond donors (Lipinski definition) is 0. The van der Waals surface area contributed by atoms with Gasteiger partial charge in [-0.15, -0.1) is 11.3 Å². The van der Waals surface area contributed by atoms with Crippen LogP contribution in [0.25, 0.3) is 10.2 Å². The van der Waals surface area contributed by atoms with E-state index in [0.717, 1.165) is 15.2 Å². The topological polar surface area (TPSA) is 76.3 Å². The average molecular weight is 341 g/mol. The molecule has 24 heavy (non-hydrogen) atoms. The minimum absolute atomic E-state index is 0.0955. The number of aromatic nitrogens is 1. The van der Waals surface area contributed by atoms with E-state index < -0.39 is 4.92 Å². The molecule has 0 saturated carbocycles. The van der Waals surface area contributed by atoms with Crippen LogP contribution in [0.3, 0.4) is 0 Å². The highest BCUT2D eigenvalue weighted by atomic mass is 32.1. The number of thiazole rings is 1. The van der Waals surface area contributed by atoms with Crippen molar-refractivity contribution in [1.82, 2.24) is 9.88 Å². The van der Waals surface area contributed by atoms with Crippen LogP contribution in [0.4, 0.5) is 5.69 Å². The van der Waals surface area contributed by atoms with Gasteiger partial charge in [0.25, 0.3) is 11.6 Å². The highest BCUT2D eigenvalue weighted by Crippen LogP contribution is 2.29. The van der Waals surface area contributed by atoms with E-state index in [1.807, 2.05) is 31.2 Å². The molecule has 0 saturated heterocycles. The summed E-state index contributed by atoms with van der Waals surface area (Å²) in [5.74, 6) is -0.273. The Balaban J connectivity index is 1.87. The van der Waals surface area contributed by atoms with Gasteiger partial charge in [0, 0.05) is 24.7 Å². The summed E-state index contributed by atoms with van der Waals surface area (Å²) in [6.45, 7) is 1.90. The molecule has 1 atom stereocenters. The lowest BCUT2D eigenvalue weighted by Gasteiger charge is -2.23. The lowest BCUT2D eigenvalue weighted by Crippen LogP contribution is -2.29. The summed E-state index contributed by atoms with van der Waals surface area (Å²) in [5, 5.41) is 11.7. The van der Waals surface area contributed by atoms with E-state index >= 15 is 0 Å². The van der Waals surface area contributed by atoms with Crippen molar-refractivity contribution in [3.8, 4) is 0 Å². The van der Waals surface area contributed by atoms with Gasteiger partial charge in [-0.3, -0.25) is 14.9 Å². The zero-order valence-corrected chi connectivity index (χ0v) is 14.0. The average Bonchev–Trinajstić information content (AvgIpc) is 3.04. The van der Waals surface area contributed by atoms with Gasteiger partial charge in [-0.05, 0) is 25.1 Å². The van der Waals surface area contributed by atoms with Gasteiger partial charge in [-0.2, -0.15) is 0 Å². The molecule has 7 heteroatoms. The van der Waals surface area contributed by atoms with E-state index in [1.165, 1.54) is 18.2 Å². The maximum Gasteiger partial charge on any atom is 0.270 e. The van der Waals surface area contributed by atoms with Crippen molar-refractivity contribution in [2.45, 2.75) is 13.0 Å². The predicted molar refractivity (Wildman–Crippen MR) is 93.2 cm³/mol. The number of fused-ring (bicyclic) bond motifs is 1. The molecule has 2 aromatic carbocycles. The molecular weight excluding hydrogens is 326 g/mol. The van der Waals surface area contributed by atoms with Gasteiger partial charge in [0.15, 0.2) is 0 Å². The Morgan fingerprint density at radius 1 is 1.25 bits per heavy atom. The molecule has 0 aliphatic rings. The third-order valence-corrected chi connectivity index (χ3v) is 5.08. The number of benzene rings is 2. The normalized spacial score (nSPS) is 12.1. The summed E-state index contributed by atoms with van der Waals surface area (Å²) in [4.78, 5) is 29.1. The van der Waals surface area contributed by atoms with Crippen molar-refractivity contribution in [2.24, 2.45) is 0 Å². The van der Waals surface area contributed by atoms with Crippen LogP contribution in [0, 0.1) is 10.1 Å². The lowest BCUT2D eigenvalue weighted by molar-refractivity contribution is -0.384. The van der Waals surface area contributed by atoms with E-state index in [-0.39, 0.29) is 17.6 Å². The largest absolute Gasteiger partial charge is 0.333 e. The fraction of sp³-hybridized carbons (Fsp3) is 0.176. The number of carbonyl (C=O) groups excluding carboxylic acids is 1. The van der Waals surface area contributed by atoms with Crippen molar-refractivity contribution in [2.75, 3.05) is 7.05 Å². The van der Waals surface area contributed by atoms with E-state index in [0.29, 0.717) is 5.56 Å². The highest BCUT2D eigenvalue weighted by molar-refractivity contribution is 7.18. The van der Waals surface area contributed by atoms with E-state index in [2.05, 4.69) is 4.98 Å². The van der Waals surface area contributed by atoms with Gasteiger partial charge < -0.3 is 4.90 Å². The first kappa shape index (κ1) is 16.1. The number of hydrogen-bond acceptors (Lipinski definition) is 5. The molecule has 1 heterocycles. The van der Waals surface area contributed by atoms with E-state index in [4.69, 9.17) is 0 Å². The number of nitro groups is 1. The van der Waals surface area contributed by atoms with Crippen molar-refractivity contribution in [3.05, 3.63) is 69.2 Å². The van der Waals surface area contributed by atoms with Gasteiger partial charge in [-0.25, -0.2) is 4.98 Å². The molecule has 0 radical (unpaired) electrons. The van der Waals surface area contributed by atoms with Crippen molar-refractivity contribution in [3.63, 3.8) is 0 Å². The SMILES string of the molecule is C[C@H](c1nc2ccccc2s1)N(C)C(=O)c1cccc([N+](=O)[O-])c1. The van der Waals surface area contributed by atoms with Crippen LogP contribution in [0.15, 0.2) is 48.5 Å². The number of para-hydroxylation sites is 1. The molecule has 1 amide bonds. The quantitative estimate of drug-likeness (QED) is 0.530. The first-order chi connectivity index (χ1) is 11.5. The van der Waals surface area contributed by atoms with Gasteiger partial charge in [0.2, 0.25) is 0 Å². The van der Waals surface area contributed by atoms with Gasteiger partial charge in [0.05, 0.1) is 21.2 Å². The summed E-state index contributed by atoms with van der Waals surface area (Å²) in [5.41, 5.74) is 1.10. The number of amides is 1. The molecule has 1 aromatic heterocycles. The number of nitro benzene ring substituents is 1. The summed E-state index contributed by atoms with van der Waals surface area (Å²) in [6, 6.07) is 13.3. The lowest BCUT2D eigenvalue weighted by atomic mass is 10.1. The molecule has 0 bridgehead atoms. The van der Waals surface area contributed by atoms with Crippen LogP contribution in [0.1, 0.15) is 28.3 Å². The number of non-ortho nitro benzene ring substituents is 1. The number of rotatable bonds is 4. The van der Waals surface area contributed by atoms with Crippen LogP contribution in [-0.2, 0) is 0 Å². The molecule has 6 nitrogen and oxygen atoms in total. The van der Waals surface area contributed by atoms with Gasteiger partial charge >= 0.3 is 0 Å². The van der Waals surface area contributed by atoms with Crippen molar-refractivity contribution < 1.29 is 9.72 Å². The van der Waals surface area contributed by atoms with Crippen LogP contribution in [0.5, 0.6) is 0 Å². The second-order valence-electron chi connectivity index (χ2n) is 5.42. The first-order valence-corrected chi connectivity index (χ1v) is 8.16. The Morgan fingerprint density at radius 2 is 2.00 bits per heavy atom. The number of nitrogens with zero attached hydrogens (tertiary/aromatic N) is 3. The minimum Gasteiger partial charge on any atom is -0.333 e. The molecule has 0 aliphatic heterocycles. The summed E-state index contributed by atoms with van der Waals surface area (Å²) >= 11 is 1.54. The van der Waals surface area contributed by atoms with Gasteiger partial charge in [0.1, 0.15) is 5.01 Å². The second kappa shape index (κ2) is 6.37. The maximum absolute atomic E-state index is 12.6. The van der Waals surface area contributed by atoms with Crippen LogP contribution in [-0.4, -0.2) is 27.8 Å². The molecule has 0 aliphatic carbocycles. The Kier molecular flexibility index (Phi) is 4.26. The third kappa shape index (κ3) is 2.98. The second-order valence-corrected chi connectivity index (χ2v) is 6.48. The molecule has 0 N–H and O–H groups in total. The third-order valence-electron chi connectivity index (χ3n) is 3.87. The maximum atomic E-state index is 12.6. The van der Waals surface area contributed by atoms with E-state index in [1.54, 1.807) is 29.4 Å². The summed E-state index contributed by atoms with van der Waals surface area (Å²) in [7, 11) is 1.68. The van der Waals surface area contributed by atoms with Crippen molar-refractivity contribution >= 4 is 33.1 Å². The zero-order chi connectivity index (χ0) is 17.3. The fourth-order valence-electron chi connectivity index (χ4n) is 2.37. The fourth-order valence-corrected chi connectivity index (χ4v) is 3.43. The highest BCUT2D eigenvalue weighted by Gasteiger charge is 2.23. The summed E-state index contributed by atoms with van der Waals surface area (Å²) < 4.78 is 1.07. The molecule has 0 spiro atoms. The Morgan fingerprint density at radius 3 is 2.71 bits per heavy atom. The van der Waals surface area contributed by atoms with E-state index in [9.17, 15) is 14.9 Å². The molecule has 3 rings (SSSR count). The standard InChI is InChI=1S/C17H15N3O3S/c1-11(16-18-14-8-3-4-9-15(14)24-16)19(2)17(21)12-6-5-7-13(10-12)20(22)23/h3-11H,1-2H3/t11-/m1/s1. The Bertz CT molecular complexity index is 889. The monoisotopic (exact) mass is 341 g/mol. The first-order valence-electron chi connectivity index (χ1n) is 7.34. The molecule has 3 aromatic rings. The number of carbonyl (C=O) groups is 1. The van der Waals surface area contributed by atoms with Crippen LogP contribution >= 0.6 is 11.3 Å². The van der Waals surface area contributed by atoms with Crippen molar-refractivity contribution in [1.29, 1.82) is 0 Å². The molecule has 0 fully saturated rings. The van der Waals surface area contributed by atoms with Gasteiger partial charge in [-0.1, -0.05) is 18.2 Å². The van der Waals surface area contributed by atoms with Crippen LogP contribution in [0.2, 0.25) is 0 Å². The smallest absolute Gasteiger partial charge is 0.270 e. The molecular formula is C17H15N3O3S. The Hall–Kier alpha value is -2.80. The molecule has 122 valence electrons. The summed E-state index contributed by atoms with van der Waals surface area (Å²) in [6.07, 6.45) is 0. The van der Waals surface area contributed by atoms with Crippen LogP contribution < -0.4 is 0 Å². The zero-order valence-electron chi connectivity index (χ0n) is 13.2. The minimum atomic E-state index is -0.506. The Labute approximate surface area is 142 Å². The molecule has 0 unspecified atom stereocenters.